The van der Waals surface area contributed by atoms with Crippen LogP contribution in [-0.2, 0) is 6.42 Å². The Bertz CT molecular complexity index is 283. The molecule has 0 N–H and O–H groups in total. The monoisotopic (exact) mass is 260 g/mol. The van der Waals surface area contributed by atoms with Crippen LogP contribution < -0.4 is 4.74 Å². The number of benzene rings is 1. The summed E-state index contributed by atoms with van der Waals surface area (Å²) in [6.07, 6.45) is 1.20. The summed E-state index contributed by atoms with van der Waals surface area (Å²) in [6.45, 7) is 0. The first-order valence-electron chi connectivity index (χ1n) is 3.62. The van der Waals surface area contributed by atoms with Crippen molar-refractivity contribution in [1.82, 2.24) is 0 Å². The Balaban J connectivity index is 2.38. The van der Waals surface area contributed by atoms with Gasteiger partial charge in [-0.3, -0.25) is 0 Å². The van der Waals surface area contributed by atoms with E-state index in [9.17, 15) is 0 Å². The maximum Gasteiger partial charge on any atom is 0.119 e. The van der Waals surface area contributed by atoms with E-state index in [0.717, 1.165) is 9.67 Å². The van der Waals surface area contributed by atoms with E-state index in [4.69, 9.17) is 4.74 Å². The van der Waals surface area contributed by atoms with Crippen molar-refractivity contribution in [2.45, 2.75) is 10.3 Å². The molecule has 0 radical (unpaired) electrons. The van der Waals surface area contributed by atoms with Crippen LogP contribution in [0.4, 0.5) is 0 Å². The number of rotatable bonds is 1. The first-order chi connectivity index (χ1) is 5.31. The van der Waals surface area contributed by atoms with Crippen molar-refractivity contribution in [3.05, 3.63) is 29.3 Å². The SMILES string of the molecule is COc1ccc2c(c1)CC2I. The van der Waals surface area contributed by atoms with Crippen LogP contribution in [0, 0.1) is 0 Å². The van der Waals surface area contributed by atoms with E-state index in [1.165, 1.54) is 17.5 Å². The Morgan fingerprint density at radius 2 is 2.36 bits per heavy atom. The smallest absolute Gasteiger partial charge is 0.119 e. The van der Waals surface area contributed by atoms with E-state index in [1.54, 1.807) is 7.11 Å². The number of hydrogen-bond donors (Lipinski definition) is 0. The first-order valence-corrected chi connectivity index (χ1v) is 4.86. The Kier molecular flexibility index (Phi) is 1.79. The number of methoxy groups -OCH3 is 1. The lowest BCUT2D eigenvalue weighted by Crippen LogP contribution is -2.10. The van der Waals surface area contributed by atoms with Gasteiger partial charge >= 0.3 is 0 Å². The summed E-state index contributed by atoms with van der Waals surface area (Å²) in [5.74, 6) is 0.979. The van der Waals surface area contributed by atoms with E-state index in [-0.39, 0.29) is 0 Å². The minimum absolute atomic E-state index is 0.730. The van der Waals surface area contributed by atoms with Crippen molar-refractivity contribution in [2.75, 3.05) is 7.11 Å². The summed E-state index contributed by atoms with van der Waals surface area (Å²) in [6, 6.07) is 6.32. The second-order valence-electron chi connectivity index (χ2n) is 2.74. The zero-order valence-corrected chi connectivity index (χ0v) is 8.46. The predicted molar refractivity (Wildman–Crippen MR) is 53.5 cm³/mol. The van der Waals surface area contributed by atoms with Crippen LogP contribution in [0.5, 0.6) is 5.75 Å². The molecule has 0 aliphatic heterocycles. The third-order valence-electron chi connectivity index (χ3n) is 2.09. The average molecular weight is 260 g/mol. The highest BCUT2D eigenvalue weighted by atomic mass is 127. The summed E-state index contributed by atoms with van der Waals surface area (Å²) in [4.78, 5) is 0. The zero-order chi connectivity index (χ0) is 7.84. The van der Waals surface area contributed by atoms with Gasteiger partial charge in [0.2, 0.25) is 0 Å². The molecule has 11 heavy (non-hydrogen) atoms. The molecule has 1 aliphatic carbocycles. The minimum atomic E-state index is 0.730. The molecule has 0 amide bonds. The second kappa shape index (κ2) is 2.66. The van der Waals surface area contributed by atoms with Crippen LogP contribution in [0.1, 0.15) is 15.1 Å². The molecule has 0 bridgehead atoms. The Hall–Kier alpha value is -0.250. The summed E-state index contributed by atoms with van der Waals surface area (Å²) in [5.41, 5.74) is 2.93. The molecule has 58 valence electrons. The Labute approximate surface area is 79.9 Å². The number of hydrogen-bond acceptors (Lipinski definition) is 1. The molecule has 1 aromatic rings. The van der Waals surface area contributed by atoms with Crippen LogP contribution in [0.2, 0.25) is 0 Å². The molecule has 0 saturated heterocycles. The fourth-order valence-electron chi connectivity index (χ4n) is 1.36. The largest absolute Gasteiger partial charge is 0.497 e. The summed E-state index contributed by atoms with van der Waals surface area (Å²) < 4.78 is 5.85. The molecule has 0 fully saturated rings. The van der Waals surface area contributed by atoms with Gasteiger partial charge in [-0.1, -0.05) is 28.7 Å². The molecule has 1 unspecified atom stereocenters. The lowest BCUT2D eigenvalue weighted by Gasteiger charge is -2.25. The minimum Gasteiger partial charge on any atom is -0.497 e. The summed E-state index contributed by atoms with van der Waals surface area (Å²) in [5, 5.41) is 0. The zero-order valence-electron chi connectivity index (χ0n) is 6.30. The van der Waals surface area contributed by atoms with Crippen molar-refractivity contribution >= 4 is 22.6 Å². The van der Waals surface area contributed by atoms with Gasteiger partial charge in [-0.25, -0.2) is 0 Å². The normalized spacial score (nSPS) is 20.4. The van der Waals surface area contributed by atoms with Gasteiger partial charge in [0.25, 0.3) is 0 Å². The molecule has 0 aromatic heterocycles. The lowest BCUT2D eigenvalue weighted by molar-refractivity contribution is 0.413. The topological polar surface area (TPSA) is 9.23 Å². The first kappa shape index (κ1) is 7.40. The van der Waals surface area contributed by atoms with E-state index in [0.29, 0.717) is 0 Å². The van der Waals surface area contributed by atoms with Crippen molar-refractivity contribution in [2.24, 2.45) is 0 Å². The van der Waals surface area contributed by atoms with E-state index in [1.807, 2.05) is 6.07 Å². The van der Waals surface area contributed by atoms with Gasteiger partial charge in [0.1, 0.15) is 5.75 Å². The molecule has 0 heterocycles. The van der Waals surface area contributed by atoms with Crippen molar-refractivity contribution < 1.29 is 4.74 Å². The van der Waals surface area contributed by atoms with Gasteiger partial charge in [0.15, 0.2) is 0 Å². The number of fused-ring (bicyclic) bond motifs is 1. The Morgan fingerprint density at radius 1 is 1.55 bits per heavy atom. The molecule has 1 atom stereocenters. The van der Waals surface area contributed by atoms with Crippen molar-refractivity contribution in [3.8, 4) is 5.75 Å². The quantitative estimate of drug-likeness (QED) is 0.557. The highest BCUT2D eigenvalue weighted by Gasteiger charge is 2.23. The van der Waals surface area contributed by atoms with Crippen LogP contribution in [-0.4, -0.2) is 7.11 Å². The van der Waals surface area contributed by atoms with Crippen LogP contribution in [0.3, 0.4) is 0 Å². The summed E-state index contributed by atoms with van der Waals surface area (Å²) in [7, 11) is 1.71. The van der Waals surface area contributed by atoms with Gasteiger partial charge in [0, 0.05) is 3.92 Å². The van der Waals surface area contributed by atoms with E-state index in [2.05, 4.69) is 34.7 Å². The highest BCUT2D eigenvalue weighted by Crippen LogP contribution is 2.41. The van der Waals surface area contributed by atoms with Gasteiger partial charge < -0.3 is 4.74 Å². The number of alkyl halides is 1. The lowest BCUT2D eigenvalue weighted by atomic mass is 9.88. The molecule has 2 rings (SSSR count). The summed E-state index contributed by atoms with van der Waals surface area (Å²) >= 11 is 2.47. The maximum atomic E-state index is 5.12. The standard InChI is InChI=1S/C9H9IO/c1-11-7-2-3-8-6(4-7)5-9(8)10/h2-4,9H,5H2,1H3. The van der Waals surface area contributed by atoms with E-state index >= 15 is 0 Å². The molecule has 1 aliphatic rings. The van der Waals surface area contributed by atoms with Gasteiger partial charge in [-0.2, -0.15) is 0 Å². The predicted octanol–water partition coefficient (Wildman–Crippen LogP) is 2.73. The van der Waals surface area contributed by atoms with Crippen LogP contribution in [0.25, 0.3) is 0 Å². The third kappa shape index (κ3) is 1.13. The fraction of sp³-hybridized carbons (Fsp3) is 0.333. The fourth-order valence-corrected chi connectivity index (χ4v) is 2.45. The van der Waals surface area contributed by atoms with E-state index < -0.39 is 0 Å². The molecule has 1 nitrogen and oxygen atoms in total. The molecule has 0 saturated carbocycles. The molecular formula is C9H9IO. The molecule has 0 spiro atoms. The average Bonchev–Trinajstić information content (AvgIpc) is 2.02. The van der Waals surface area contributed by atoms with Gasteiger partial charge in [0.05, 0.1) is 7.11 Å². The van der Waals surface area contributed by atoms with Gasteiger partial charge in [-0.15, -0.1) is 0 Å². The van der Waals surface area contributed by atoms with Crippen LogP contribution in [0.15, 0.2) is 18.2 Å². The molecular weight excluding hydrogens is 251 g/mol. The van der Waals surface area contributed by atoms with Crippen molar-refractivity contribution in [3.63, 3.8) is 0 Å². The second-order valence-corrected chi connectivity index (χ2v) is 4.24. The van der Waals surface area contributed by atoms with Crippen LogP contribution >= 0.6 is 22.6 Å². The molecule has 1 aromatic carbocycles. The number of ether oxygens (including phenoxy) is 1. The van der Waals surface area contributed by atoms with Crippen molar-refractivity contribution in [1.29, 1.82) is 0 Å². The third-order valence-corrected chi connectivity index (χ3v) is 3.20. The number of halogens is 1. The molecule has 2 heteroatoms. The Morgan fingerprint density at radius 3 is 2.91 bits per heavy atom. The van der Waals surface area contributed by atoms with Gasteiger partial charge in [-0.05, 0) is 29.7 Å². The maximum absolute atomic E-state index is 5.12. The highest BCUT2D eigenvalue weighted by molar-refractivity contribution is 14.1.